The van der Waals surface area contributed by atoms with Crippen molar-refractivity contribution in [3.8, 4) is 0 Å². The molecule has 19 heavy (non-hydrogen) atoms. The molecular weight excluding hydrogens is 276 g/mol. The second kappa shape index (κ2) is 6.69. The van der Waals surface area contributed by atoms with Gasteiger partial charge in [-0.3, -0.25) is 14.9 Å². The topological polar surface area (TPSA) is 109 Å². The van der Waals surface area contributed by atoms with Crippen molar-refractivity contribution in [2.45, 2.75) is 5.03 Å². The van der Waals surface area contributed by atoms with Crippen molar-refractivity contribution in [3.63, 3.8) is 0 Å². The molecule has 0 aromatic carbocycles. The monoisotopic (exact) mass is 286 g/mol. The Morgan fingerprint density at radius 2 is 2.11 bits per heavy atom. The smallest absolute Gasteiger partial charge is 0.339 e. The molecular formula is C10H10N2O6S. The number of carbonyl (C=O) groups is 2. The van der Waals surface area contributed by atoms with Gasteiger partial charge in [0.1, 0.15) is 0 Å². The van der Waals surface area contributed by atoms with E-state index in [0.29, 0.717) is 0 Å². The molecule has 0 spiro atoms. The van der Waals surface area contributed by atoms with Gasteiger partial charge in [0.05, 0.1) is 30.5 Å². The molecule has 1 rings (SSSR count). The van der Waals surface area contributed by atoms with Crippen LogP contribution in [0.5, 0.6) is 0 Å². The highest BCUT2D eigenvalue weighted by atomic mass is 32.2. The molecule has 0 unspecified atom stereocenters. The lowest BCUT2D eigenvalue weighted by molar-refractivity contribution is -0.388. The molecule has 0 atom stereocenters. The van der Waals surface area contributed by atoms with E-state index < -0.39 is 16.9 Å². The number of nitrogens with zero attached hydrogens (tertiary/aromatic N) is 2. The molecule has 0 saturated heterocycles. The van der Waals surface area contributed by atoms with Crippen molar-refractivity contribution < 1.29 is 24.0 Å². The van der Waals surface area contributed by atoms with Gasteiger partial charge in [0, 0.05) is 12.3 Å². The van der Waals surface area contributed by atoms with E-state index in [1.54, 1.807) is 0 Å². The van der Waals surface area contributed by atoms with Crippen molar-refractivity contribution in [1.82, 2.24) is 4.98 Å². The van der Waals surface area contributed by atoms with Gasteiger partial charge in [-0.1, -0.05) is 11.8 Å². The third-order valence-corrected chi connectivity index (χ3v) is 2.97. The van der Waals surface area contributed by atoms with Crippen LogP contribution in [0, 0.1) is 10.1 Å². The predicted molar refractivity (Wildman–Crippen MR) is 65.0 cm³/mol. The summed E-state index contributed by atoms with van der Waals surface area (Å²) >= 11 is 0.857. The molecule has 0 N–H and O–H groups in total. The van der Waals surface area contributed by atoms with Gasteiger partial charge in [-0.15, -0.1) is 0 Å². The Hall–Kier alpha value is -2.16. The summed E-state index contributed by atoms with van der Waals surface area (Å²) < 4.78 is 8.86. The highest BCUT2D eigenvalue weighted by Gasteiger charge is 2.20. The molecule has 8 nitrogen and oxygen atoms in total. The van der Waals surface area contributed by atoms with Gasteiger partial charge < -0.3 is 9.47 Å². The normalized spacial score (nSPS) is 9.79. The summed E-state index contributed by atoms with van der Waals surface area (Å²) in [5.74, 6) is -1.36. The van der Waals surface area contributed by atoms with Gasteiger partial charge in [0.25, 0.3) is 0 Å². The van der Waals surface area contributed by atoms with Crippen molar-refractivity contribution in [2.75, 3.05) is 20.0 Å². The third kappa shape index (κ3) is 3.91. The number of aromatic nitrogens is 1. The first-order valence-electron chi connectivity index (χ1n) is 4.92. The van der Waals surface area contributed by atoms with E-state index in [1.807, 2.05) is 0 Å². The maximum Gasteiger partial charge on any atom is 0.339 e. The Labute approximate surface area is 112 Å². The SMILES string of the molecule is COC(=O)CSc1ncc(C(=O)OC)cc1[N+](=O)[O-]. The van der Waals surface area contributed by atoms with Crippen molar-refractivity contribution in [3.05, 3.63) is 27.9 Å². The Morgan fingerprint density at radius 3 is 2.63 bits per heavy atom. The molecule has 0 aliphatic carbocycles. The van der Waals surface area contributed by atoms with Crippen LogP contribution in [0.15, 0.2) is 17.3 Å². The van der Waals surface area contributed by atoms with E-state index >= 15 is 0 Å². The van der Waals surface area contributed by atoms with Gasteiger partial charge in [-0.25, -0.2) is 9.78 Å². The number of nitro groups is 1. The summed E-state index contributed by atoms with van der Waals surface area (Å²) in [6.07, 6.45) is 1.15. The first kappa shape index (κ1) is 14.9. The summed E-state index contributed by atoms with van der Waals surface area (Å²) in [5, 5.41) is 10.9. The Morgan fingerprint density at radius 1 is 1.42 bits per heavy atom. The van der Waals surface area contributed by atoms with Crippen LogP contribution in [-0.2, 0) is 14.3 Å². The molecule has 1 aromatic rings. The maximum absolute atomic E-state index is 11.2. The molecule has 0 fully saturated rings. The van der Waals surface area contributed by atoms with E-state index in [-0.39, 0.29) is 22.0 Å². The van der Waals surface area contributed by atoms with Crippen LogP contribution in [-0.4, -0.2) is 41.8 Å². The summed E-state index contributed by atoms with van der Waals surface area (Å²) in [4.78, 5) is 36.2. The van der Waals surface area contributed by atoms with Gasteiger partial charge in [-0.2, -0.15) is 0 Å². The molecule has 0 saturated carbocycles. The molecule has 0 aliphatic heterocycles. The number of hydrogen-bond donors (Lipinski definition) is 0. The van der Waals surface area contributed by atoms with Gasteiger partial charge in [-0.05, 0) is 0 Å². The van der Waals surface area contributed by atoms with Crippen molar-refractivity contribution in [2.24, 2.45) is 0 Å². The fourth-order valence-electron chi connectivity index (χ4n) is 1.10. The summed E-state index contributed by atoms with van der Waals surface area (Å²) in [6, 6.07) is 1.05. The minimum Gasteiger partial charge on any atom is -0.468 e. The highest BCUT2D eigenvalue weighted by molar-refractivity contribution is 8.00. The van der Waals surface area contributed by atoms with Gasteiger partial charge >= 0.3 is 17.6 Å². The largest absolute Gasteiger partial charge is 0.468 e. The fourth-order valence-corrected chi connectivity index (χ4v) is 1.88. The van der Waals surface area contributed by atoms with Crippen LogP contribution in [0.4, 0.5) is 5.69 Å². The highest BCUT2D eigenvalue weighted by Crippen LogP contribution is 2.27. The number of methoxy groups -OCH3 is 2. The zero-order chi connectivity index (χ0) is 14.4. The second-order valence-electron chi connectivity index (χ2n) is 3.16. The number of thioether (sulfide) groups is 1. The first-order chi connectivity index (χ1) is 8.99. The van der Waals surface area contributed by atoms with E-state index in [9.17, 15) is 19.7 Å². The number of ether oxygens (including phenoxy) is 2. The van der Waals surface area contributed by atoms with Crippen LogP contribution in [0.25, 0.3) is 0 Å². The second-order valence-corrected chi connectivity index (χ2v) is 4.13. The van der Waals surface area contributed by atoms with Crippen LogP contribution in [0.2, 0.25) is 0 Å². The number of rotatable bonds is 5. The van der Waals surface area contributed by atoms with Gasteiger partial charge in [0.2, 0.25) is 0 Å². The third-order valence-electron chi connectivity index (χ3n) is 2.00. The van der Waals surface area contributed by atoms with E-state index in [0.717, 1.165) is 31.1 Å². The number of carbonyl (C=O) groups excluding carboxylic acids is 2. The molecule has 0 bridgehead atoms. The molecule has 0 aliphatic rings. The lowest BCUT2D eigenvalue weighted by Gasteiger charge is -2.03. The summed E-state index contributed by atoms with van der Waals surface area (Å²) in [6.45, 7) is 0. The predicted octanol–water partition coefficient (Wildman–Crippen LogP) is 1.04. The van der Waals surface area contributed by atoms with E-state index in [4.69, 9.17) is 0 Å². The standard InChI is InChI=1S/C10H10N2O6S/c1-17-8(13)5-19-9-7(12(15)16)3-6(4-11-9)10(14)18-2/h3-4H,5H2,1-2H3. The van der Waals surface area contributed by atoms with Crippen LogP contribution < -0.4 is 0 Å². The van der Waals surface area contributed by atoms with Crippen LogP contribution >= 0.6 is 11.8 Å². The average Bonchev–Trinajstić information content (AvgIpc) is 2.43. The maximum atomic E-state index is 11.2. The van der Waals surface area contributed by atoms with Crippen LogP contribution in [0.1, 0.15) is 10.4 Å². The lowest BCUT2D eigenvalue weighted by atomic mass is 10.3. The number of pyridine rings is 1. The van der Waals surface area contributed by atoms with Crippen LogP contribution in [0.3, 0.4) is 0 Å². The molecule has 9 heteroatoms. The van der Waals surface area contributed by atoms with E-state index in [1.165, 1.54) is 7.11 Å². The summed E-state index contributed by atoms with van der Waals surface area (Å²) in [7, 11) is 2.37. The quantitative estimate of drug-likeness (QED) is 0.342. The minimum absolute atomic E-state index is 0.0306. The molecule has 1 heterocycles. The molecule has 0 amide bonds. The fraction of sp³-hybridized carbons (Fsp3) is 0.300. The van der Waals surface area contributed by atoms with Gasteiger partial charge in [0.15, 0.2) is 5.03 Å². The van der Waals surface area contributed by atoms with Crippen molar-refractivity contribution >= 4 is 29.4 Å². The zero-order valence-electron chi connectivity index (χ0n) is 10.1. The number of hydrogen-bond acceptors (Lipinski definition) is 8. The molecule has 102 valence electrons. The average molecular weight is 286 g/mol. The summed E-state index contributed by atoms with van der Waals surface area (Å²) in [5.41, 5.74) is -0.395. The minimum atomic E-state index is -0.722. The Kier molecular flexibility index (Phi) is 5.24. The van der Waals surface area contributed by atoms with Crippen molar-refractivity contribution in [1.29, 1.82) is 0 Å². The Bertz CT molecular complexity index is 519. The van der Waals surface area contributed by atoms with E-state index in [2.05, 4.69) is 14.5 Å². The molecule has 1 aromatic heterocycles. The number of esters is 2. The molecule has 0 radical (unpaired) electrons. The lowest BCUT2D eigenvalue weighted by Crippen LogP contribution is -2.06. The first-order valence-corrected chi connectivity index (χ1v) is 5.90. The zero-order valence-corrected chi connectivity index (χ0v) is 10.9. The Balaban J connectivity index is 3.01.